The van der Waals surface area contributed by atoms with E-state index in [1.165, 1.54) is 0 Å². The van der Waals surface area contributed by atoms with Gasteiger partial charge in [-0.15, -0.1) is 0 Å². The molecule has 1 aliphatic rings. The van der Waals surface area contributed by atoms with E-state index in [1.54, 1.807) is 67.8 Å². The van der Waals surface area contributed by atoms with Gasteiger partial charge in [-0.1, -0.05) is 43.3 Å². The van der Waals surface area contributed by atoms with Gasteiger partial charge < -0.3 is 25.7 Å². The Hall–Kier alpha value is -4.78. The Balaban J connectivity index is 1.70. The molecule has 0 bridgehead atoms. The standard InChI is InChI=1S/C29H24N2O5/c1-3-16-8-10-18(11-9-16)35-28-24(30)22-23(27(33)21-7-5-4-6-20(21)26(22)32)25(31)29(28)36-19-14-12-17(34-2)13-15-19/h4-15H,3,30-31H2,1-2H3. The van der Waals surface area contributed by atoms with Crippen molar-refractivity contribution in [3.05, 3.63) is 101 Å². The highest BCUT2D eigenvalue weighted by molar-refractivity contribution is 6.32. The van der Waals surface area contributed by atoms with Crippen LogP contribution in [0.2, 0.25) is 0 Å². The number of methoxy groups -OCH3 is 1. The van der Waals surface area contributed by atoms with Crippen molar-refractivity contribution in [2.75, 3.05) is 18.6 Å². The number of carbonyl (C=O) groups excluding carboxylic acids is 2. The minimum Gasteiger partial charge on any atom is -0.497 e. The van der Waals surface area contributed by atoms with Crippen LogP contribution in [-0.4, -0.2) is 18.7 Å². The summed E-state index contributed by atoms with van der Waals surface area (Å²) in [7, 11) is 1.56. The highest BCUT2D eigenvalue weighted by Gasteiger charge is 2.37. The van der Waals surface area contributed by atoms with Gasteiger partial charge in [0.1, 0.15) is 17.2 Å². The molecule has 4 aromatic rings. The highest BCUT2D eigenvalue weighted by atomic mass is 16.5. The van der Waals surface area contributed by atoms with Crippen molar-refractivity contribution in [2.45, 2.75) is 13.3 Å². The zero-order chi connectivity index (χ0) is 25.4. The fourth-order valence-corrected chi connectivity index (χ4v) is 4.24. The van der Waals surface area contributed by atoms with E-state index >= 15 is 0 Å². The summed E-state index contributed by atoms with van der Waals surface area (Å²) in [5.41, 5.74) is 14.7. The maximum Gasteiger partial charge on any atom is 0.196 e. The number of ether oxygens (including phenoxy) is 3. The van der Waals surface area contributed by atoms with Crippen molar-refractivity contribution in [3.63, 3.8) is 0 Å². The second-order valence-electron chi connectivity index (χ2n) is 8.32. The molecule has 4 N–H and O–H groups in total. The summed E-state index contributed by atoms with van der Waals surface area (Å²) >= 11 is 0. The third kappa shape index (κ3) is 3.80. The fourth-order valence-electron chi connectivity index (χ4n) is 4.24. The zero-order valence-electron chi connectivity index (χ0n) is 19.8. The number of nitrogen functional groups attached to an aromatic ring is 2. The topological polar surface area (TPSA) is 114 Å². The van der Waals surface area contributed by atoms with E-state index in [1.807, 2.05) is 12.1 Å². The lowest BCUT2D eigenvalue weighted by Crippen LogP contribution is -2.24. The third-order valence-corrected chi connectivity index (χ3v) is 6.19. The summed E-state index contributed by atoms with van der Waals surface area (Å²) in [6.07, 6.45) is 0.871. The monoisotopic (exact) mass is 480 g/mol. The Kier molecular flexibility index (Phi) is 5.82. The van der Waals surface area contributed by atoms with E-state index in [4.69, 9.17) is 25.7 Å². The van der Waals surface area contributed by atoms with Crippen LogP contribution in [-0.2, 0) is 6.42 Å². The van der Waals surface area contributed by atoms with Gasteiger partial charge in [-0.2, -0.15) is 0 Å². The first kappa shape index (κ1) is 23.0. The number of ketones is 2. The molecular formula is C29H24N2O5. The molecule has 0 saturated carbocycles. The van der Waals surface area contributed by atoms with Crippen molar-refractivity contribution >= 4 is 22.9 Å². The second kappa shape index (κ2) is 9.11. The molecule has 5 rings (SSSR count). The molecule has 36 heavy (non-hydrogen) atoms. The lowest BCUT2D eigenvalue weighted by molar-refractivity contribution is 0.0980. The molecule has 4 aromatic carbocycles. The molecule has 180 valence electrons. The predicted molar refractivity (Wildman–Crippen MR) is 138 cm³/mol. The largest absolute Gasteiger partial charge is 0.497 e. The molecule has 0 atom stereocenters. The molecule has 0 radical (unpaired) electrons. The van der Waals surface area contributed by atoms with Crippen LogP contribution in [0.1, 0.15) is 44.3 Å². The molecule has 0 spiro atoms. The molecule has 0 fully saturated rings. The van der Waals surface area contributed by atoms with Gasteiger partial charge in [0.15, 0.2) is 23.1 Å². The molecule has 0 aromatic heterocycles. The normalized spacial score (nSPS) is 12.1. The van der Waals surface area contributed by atoms with Gasteiger partial charge in [-0.05, 0) is 48.4 Å². The minimum absolute atomic E-state index is 0.00777. The first-order chi connectivity index (χ1) is 17.4. The van der Waals surface area contributed by atoms with Gasteiger partial charge in [-0.3, -0.25) is 9.59 Å². The fraction of sp³-hybridized carbons (Fsp3) is 0.103. The Morgan fingerprint density at radius 3 is 1.47 bits per heavy atom. The van der Waals surface area contributed by atoms with Crippen molar-refractivity contribution < 1.29 is 23.8 Å². The maximum absolute atomic E-state index is 13.5. The highest BCUT2D eigenvalue weighted by Crippen LogP contribution is 2.50. The Labute approximate surface area is 208 Å². The van der Waals surface area contributed by atoms with E-state index in [2.05, 4.69) is 6.92 Å². The number of benzene rings is 4. The van der Waals surface area contributed by atoms with E-state index < -0.39 is 11.6 Å². The third-order valence-electron chi connectivity index (χ3n) is 6.19. The number of rotatable bonds is 6. The van der Waals surface area contributed by atoms with Crippen LogP contribution in [0, 0.1) is 0 Å². The Bertz CT molecular complexity index is 1380. The van der Waals surface area contributed by atoms with Crippen molar-refractivity contribution in [1.82, 2.24) is 0 Å². The summed E-state index contributed by atoms with van der Waals surface area (Å²) < 4.78 is 17.5. The molecule has 0 amide bonds. The van der Waals surface area contributed by atoms with Crippen molar-refractivity contribution in [3.8, 4) is 28.7 Å². The van der Waals surface area contributed by atoms with Crippen LogP contribution in [0.5, 0.6) is 28.7 Å². The Morgan fingerprint density at radius 2 is 1.06 bits per heavy atom. The molecule has 7 nitrogen and oxygen atoms in total. The number of carbonyl (C=O) groups is 2. The molecule has 0 unspecified atom stereocenters. The van der Waals surface area contributed by atoms with Crippen LogP contribution in [0.3, 0.4) is 0 Å². The molecule has 1 aliphatic carbocycles. The summed E-state index contributed by atoms with van der Waals surface area (Å²) in [4.78, 5) is 26.9. The van der Waals surface area contributed by atoms with Gasteiger partial charge in [0.2, 0.25) is 0 Å². The van der Waals surface area contributed by atoms with Crippen LogP contribution >= 0.6 is 0 Å². The lowest BCUT2D eigenvalue weighted by Gasteiger charge is -2.25. The number of hydrogen-bond acceptors (Lipinski definition) is 7. The minimum atomic E-state index is -0.400. The van der Waals surface area contributed by atoms with E-state index in [9.17, 15) is 9.59 Å². The maximum atomic E-state index is 13.5. The van der Waals surface area contributed by atoms with Gasteiger partial charge in [0, 0.05) is 11.1 Å². The summed E-state index contributed by atoms with van der Waals surface area (Å²) in [6.45, 7) is 2.05. The quantitative estimate of drug-likeness (QED) is 0.296. The summed E-state index contributed by atoms with van der Waals surface area (Å²) in [6, 6.07) is 20.9. The van der Waals surface area contributed by atoms with E-state index in [0.717, 1.165) is 12.0 Å². The SMILES string of the molecule is CCc1ccc(Oc2c(N)c3c(c(N)c2Oc2ccc(OC)cc2)C(=O)c2ccccc2C3=O)cc1. The van der Waals surface area contributed by atoms with Crippen LogP contribution in [0.25, 0.3) is 0 Å². The van der Waals surface area contributed by atoms with Crippen LogP contribution in [0.4, 0.5) is 11.4 Å². The van der Waals surface area contributed by atoms with Crippen molar-refractivity contribution in [2.24, 2.45) is 0 Å². The van der Waals surface area contributed by atoms with E-state index in [-0.39, 0.29) is 45.1 Å². The summed E-state index contributed by atoms with van der Waals surface area (Å²) in [5, 5.41) is 0. The molecule has 7 heteroatoms. The average molecular weight is 481 g/mol. The van der Waals surface area contributed by atoms with Crippen molar-refractivity contribution in [1.29, 1.82) is 0 Å². The van der Waals surface area contributed by atoms with E-state index in [0.29, 0.717) is 17.2 Å². The van der Waals surface area contributed by atoms with Crippen LogP contribution in [0.15, 0.2) is 72.8 Å². The lowest BCUT2D eigenvalue weighted by atomic mass is 9.82. The average Bonchev–Trinajstić information content (AvgIpc) is 2.92. The number of hydrogen-bond donors (Lipinski definition) is 2. The van der Waals surface area contributed by atoms with Gasteiger partial charge in [-0.25, -0.2) is 0 Å². The number of anilines is 2. The van der Waals surface area contributed by atoms with Gasteiger partial charge >= 0.3 is 0 Å². The van der Waals surface area contributed by atoms with Crippen LogP contribution < -0.4 is 25.7 Å². The molecule has 0 heterocycles. The zero-order valence-corrected chi connectivity index (χ0v) is 19.8. The van der Waals surface area contributed by atoms with Gasteiger partial charge in [0.25, 0.3) is 0 Å². The number of aryl methyl sites for hydroxylation is 1. The Morgan fingerprint density at radius 1 is 0.639 bits per heavy atom. The number of fused-ring (bicyclic) bond motifs is 2. The molecular weight excluding hydrogens is 456 g/mol. The predicted octanol–water partition coefficient (Wildman–Crippen LogP) is 5.78. The first-order valence-electron chi connectivity index (χ1n) is 11.4. The molecule has 0 saturated heterocycles. The van der Waals surface area contributed by atoms with Gasteiger partial charge in [0.05, 0.1) is 29.6 Å². The second-order valence-corrected chi connectivity index (χ2v) is 8.32. The first-order valence-corrected chi connectivity index (χ1v) is 11.4. The summed E-state index contributed by atoms with van der Waals surface area (Å²) in [5.74, 6) is 0.860. The smallest absolute Gasteiger partial charge is 0.196 e. The molecule has 0 aliphatic heterocycles. The number of nitrogens with two attached hydrogens (primary N) is 2.